The highest BCUT2D eigenvalue weighted by atomic mass is 35.5. The van der Waals surface area contributed by atoms with E-state index < -0.39 is 0 Å². The van der Waals surface area contributed by atoms with Crippen molar-refractivity contribution in [2.75, 3.05) is 26.2 Å². The molecule has 2 fully saturated rings. The van der Waals surface area contributed by atoms with Crippen LogP contribution in [0.1, 0.15) is 32.1 Å². The van der Waals surface area contributed by atoms with Gasteiger partial charge in [0.25, 0.3) is 0 Å². The van der Waals surface area contributed by atoms with Crippen molar-refractivity contribution in [1.82, 2.24) is 9.80 Å². The molecule has 2 heterocycles. The topological polar surface area (TPSA) is 66.6 Å². The molecular weight excluding hydrogens is 254 g/mol. The Bertz CT molecular complexity index is 312. The lowest BCUT2D eigenvalue weighted by Crippen LogP contribution is -2.50. The normalized spacial score (nSPS) is 24.7. The number of piperidine rings is 2. The number of nitrogens with two attached hydrogens (primary N) is 1. The fourth-order valence-corrected chi connectivity index (χ4v) is 2.53. The molecule has 2 amide bonds. The van der Waals surface area contributed by atoms with E-state index in [9.17, 15) is 9.59 Å². The number of nitrogens with zero attached hydrogens (tertiary/aromatic N) is 2. The molecule has 0 aromatic carbocycles. The summed E-state index contributed by atoms with van der Waals surface area (Å²) in [5, 5.41) is 0. The molecule has 0 aromatic heterocycles. The average molecular weight is 276 g/mol. The lowest BCUT2D eigenvalue weighted by molar-refractivity contribution is -0.142. The summed E-state index contributed by atoms with van der Waals surface area (Å²) < 4.78 is 0. The second-order valence-electron chi connectivity index (χ2n) is 5.01. The van der Waals surface area contributed by atoms with Gasteiger partial charge in [0.1, 0.15) is 0 Å². The van der Waals surface area contributed by atoms with Gasteiger partial charge in [-0.15, -0.1) is 12.4 Å². The van der Waals surface area contributed by atoms with Crippen molar-refractivity contribution in [2.45, 2.75) is 38.1 Å². The molecule has 0 aromatic rings. The molecule has 2 aliphatic rings. The van der Waals surface area contributed by atoms with Gasteiger partial charge in [-0.25, -0.2) is 0 Å². The molecule has 5 nitrogen and oxygen atoms in total. The van der Waals surface area contributed by atoms with Gasteiger partial charge in [-0.05, 0) is 25.7 Å². The molecule has 0 radical (unpaired) electrons. The average Bonchev–Trinajstić information content (AvgIpc) is 2.32. The molecule has 2 aliphatic heterocycles. The lowest BCUT2D eigenvalue weighted by Gasteiger charge is -2.33. The molecule has 18 heavy (non-hydrogen) atoms. The molecule has 0 bridgehead atoms. The van der Waals surface area contributed by atoms with E-state index in [4.69, 9.17) is 5.73 Å². The summed E-state index contributed by atoms with van der Waals surface area (Å²) in [5.74, 6) is 0.168. The zero-order valence-corrected chi connectivity index (χ0v) is 11.5. The van der Waals surface area contributed by atoms with E-state index in [1.54, 1.807) is 9.80 Å². The molecule has 2 saturated heterocycles. The standard InChI is InChI=1S/C12H21N3O2.ClH/c13-10-4-3-7-14(8-10)12(17)9-15-6-2-1-5-11(15)16;/h10H,1-9,13H2;1H. The smallest absolute Gasteiger partial charge is 0.242 e. The number of likely N-dealkylation sites (tertiary alicyclic amines) is 2. The van der Waals surface area contributed by atoms with E-state index in [1.165, 1.54) is 0 Å². The predicted octanol–water partition coefficient (Wildman–Crippen LogP) is 0.370. The Labute approximate surface area is 114 Å². The van der Waals surface area contributed by atoms with Crippen molar-refractivity contribution in [1.29, 1.82) is 0 Å². The molecule has 0 saturated carbocycles. The maximum Gasteiger partial charge on any atom is 0.242 e. The van der Waals surface area contributed by atoms with Crippen LogP contribution in [-0.4, -0.2) is 53.8 Å². The van der Waals surface area contributed by atoms with Crippen LogP contribution in [0.2, 0.25) is 0 Å². The molecular formula is C12H22ClN3O2. The third-order valence-electron chi connectivity index (χ3n) is 3.56. The quantitative estimate of drug-likeness (QED) is 0.792. The molecule has 1 atom stereocenters. The van der Waals surface area contributed by atoms with Gasteiger partial charge in [0, 0.05) is 32.1 Å². The maximum atomic E-state index is 12.0. The van der Waals surface area contributed by atoms with E-state index in [0.29, 0.717) is 13.0 Å². The first kappa shape index (κ1) is 15.2. The number of rotatable bonds is 2. The van der Waals surface area contributed by atoms with Crippen LogP contribution < -0.4 is 5.73 Å². The zero-order valence-electron chi connectivity index (χ0n) is 10.6. The number of carbonyl (C=O) groups excluding carboxylic acids is 2. The monoisotopic (exact) mass is 275 g/mol. The second kappa shape index (κ2) is 6.95. The first-order valence-electron chi connectivity index (χ1n) is 6.48. The van der Waals surface area contributed by atoms with Crippen LogP contribution in [0.4, 0.5) is 0 Å². The van der Waals surface area contributed by atoms with E-state index >= 15 is 0 Å². The first-order chi connectivity index (χ1) is 8.16. The van der Waals surface area contributed by atoms with Crippen LogP contribution in [-0.2, 0) is 9.59 Å². The van der Waals surface area contributed by atoms with Crippen molar-refractivity contribution in [2.24, 2.45) is 5.73 Å². The second-order valence-corrected chi connectivity index (χ2v) is 5.01. The molecule has 104 valence electrons. The summed E-state index contributed by atoms with van der Waals surface area (Å²) in [6, 6.07) is 0.102. The highest BCUT2D eigenvalue weighted by molar-refractivity contribution is 5.85. The van der Waals surface area contributed by atoms with Crippen molar-refractivity contribution >= 4 is 24.2 Å². The van der Waals surface area contributed by atoms with Crippen LogP contribution in [0.25, 0.3) is 0 Å². The van der Waals surface area contributed by atoms with Gasteiger partial charge < -0.3 is 15.5 Å². The van der Waals surface area contributed by atoms with E-state index in [-0.39, 0.29) is 36.8 Å². The van der Waals surface area contributed by atoms with Gasteiger partial charge in [0.2, 0.25) is 11.8 Å². The minimum Gasteiger partial charge on any atom is -0.340 e. The van der Waals surface area contributed by atoms with Gasteiger partial charge in [-0.3, -0.25) is 9.59 Å². The third kappa shape index (κ3) is 3.85. The number of amides is 2. The Kier molecular flexibility index (Phi) is 5.88. The molecule has 1 unspecified atom stereocenters. The zero-order chi connectivity index (χ0) is 12.3. The highest BCUT2D eigenvalue weighted by Gasteiger charge is 2.25. The lowest BCUT2D eigenvalue weighted by atomic mass is 10.1. The minimum atomic E-state index is 0. The van der Waals surface area contributed by atoms with Gasteiger partial charge in [-0.1, -0.05) is 0 Å². The fourth-order valence-electron chi connectivity index (χ4n) is 2.53. The Morgan fingerprint density at radius 2 is 2.06 bits per heavy atom. The number of carbonyl (C=O) groups is 2. The molecule has 6 heteroatoms. The largest absolute Gasteiger partial charge is 0.340 e. The highest BCUT2D eigenvalue weighted by Crippen LogP contribution is 2.12. The molecule has 0 spiro atoms. The third-order valence-corrected chi connectivity index (χ3v) is 3.56. The van der Waals surface area contributed by atoms with Gasteiger partial charge >= 0.3 is 0 Å². The Morgan fingerprint density at radius 3 is 2.72 bits per heavy atom. The van der Waals surface area contributed by atoms with Gasteiger partial charge in [-0.2, -0.15) is 0 Å². The molecule has 0 aliphatic carbocycles. The summed E-state index contributed by atoms with van der Waals surface area (Å²) in [6.07, 6.45) is 4.52. The maximum absolute atomic E-state index is 12.0. The van der Waals surface area contributed by atoms with E-state index in [0.717, 1.165) is 38.8 Å². The number of hydrogen-bond acceptors (Lipinski definition) is 3. The van der Waals surface area contributed by atoms with Crippen LogP contribution in [0.15, 0.2) is 0 Å². The summed E-state index contributed by atoms with van der Waals surface area (Å²) >= 11 is 0. The van der Waals surface area contributed by atoms with Crippen LogP contribution >= 0.6 is 12.4 Å². The minimum absolute atomic E-state index is 0. The fraction of sp³-hybridized carbons (Fsp3) is 0.833. The summed E-state index contributed by atoms with van der Waals surface area (Å²) in [6.45, 7) is 2.39. The van der Waals surface area contributed by atoms with E-state index in [1.807, 2.05) is 0 Å². The van der Waals surface area contributed by atoms with Gasteiger partial charge in [0.05, 0.1) is 6.54 Å². The Morgan fingerprint density at radius 1 is 1.28 bits per heavy atom. The van der Waals surface area contributed by atoms with Crippen LogP contribution in [0.3, 0.4) is 0 Å². The number of halogens is 1. The first-order valence-corrected chi connectivity index (χ1v) is 6.48. The summed E-state index contributed by atoms with van der Waals surface area (Å²) in [7, 11) is 0. The van der Waals surface area contributed by atoms with Crippen molar-refractivity contribution in [3.8, 4) is 0 Å². The van der Waals surface area contributed by atoms with Crippen molar-refractivity contribution in [3.05, 3.63) is 0 Å². The molecule has 2 N–H and O–H groups in total. The van der Waals surface area contributed by atoms with E-state index in [2.05, 4.69) is 0 Å². The van der Waals surface area contributed by atoms with Crippen molar-refractivity contribution < 1.29 is 9.59 Å². The van der Waals surface area contributed by atoms with Crippen LogP contribution in [0, 0.1) is 0 Å². The predicted molar refractivity (Wildman–Crippen MR) is 71.5 cm³/mol. The molecule has 2 rings (SSSR count). The Balaban J connectivity index is 0.00000162. The van der Waals surface area contributed by atoms with Crippen molar-refractivity contribution in [3.63, 3.8) is 0 Å². The summed E-state index contributed by atoms with van der Waals surface area (Å²) in [5.41, 5.74) is 5.85. The SMILES string of the molecule is Cl.NC1CCCN(C(=O)CN2CCCCC2=O)C1. The summed E-state index contributed by atoms with van der Waals surface area (Å²) in [4.78, 5) is 27.1. The van der Waals surface area contributed by atoms with Crippen LogP contribution in [0.5, 0.6) is 0 Å². The van der Waals surface area contributed by atoms with Gasteiger partial charge in [0.15, 0.2) is 0 Å². The number of hydrogen-bond donors (Lipinski definition) is 1. The Hall–Kier alpha value is -0.810.